The SMILES string of the molecule is CCCNC1CCC(CC)CC1Cc1ccc(F)cc1C. The molecule has 21 heavy (non-hydrogen) atoms. The van der Waals surface area contributed by atoms with Gasteiger partial charge in [0, 0.05) is 6.04 Å². The summed E-state index contributed by atoms with van der Waals surface area (Å²) in [6.07, 6.45) is 7.54. The predicted octanol–water partition coefficient (Wildman–Crippen LogP) is 4.87. The van der Waals surface area contributed by atoms with E-state index in [1.54, 1.807) is 12.1 Å². The lowest BCUT2D eigenvalue weighted by atomic mass is 9.74. The first kappa shape index (κ1) is 16.5. The van der Waals surface area contributed by atoms with Crippen molar-refractivity contribution in [2.75, 3.05) is 6.54 Å². The van der Waals surface area contributed by atoms with Crippen molar-refractivity contribution in [1.29, 1.82) is 0 Å². The van der Waals surface area contributed by atoms with Crippen LogP contribution in [-0.4, -0.2) is 12.6 Å². The largest absolute Gasteiger partial charge is 0.314 e. The first-order valence-corrected chi connectivity index (χ1v) is 8.62. The summed E-state index contributed by atoms with van der Waals surface area (Å²) in [6, 6.07) is 5.90. The maximum Gasteiger partial charge on any atom is 0.123 e. The highest BCUT2D eigenvalue weighted by molar-refractivity contribution is 5.27. The van der Waals surface area contributed by atoms with Crippen molar-refractivity contribution >= 4 is 0 Å². The Morgan fingerprint density at radius 2 is 2.05 bits per heavy atom. The van der Waals surface area contributed by atoms with Gasteiger partial charge in [-0.25, -0.2) is 4.39 Å². The van der Waals surface area contributed by atoms with E-state index in [1.807, 2.05) is 13.0 Å². The average molecular weight is 291 g/mol. The van der Waals surface area contributed by atoms with Gasteiger partial charge in [0.15, 0.2) is 0 Å². The van der Waals surface area contributed by atoms with E-state index in [2.05, 4.69) is 19.2 Å². The number of benzene rings is 1. The van der Waals surface area contributed by atoms with Crippen molar-refractivity contribution in [3.05, 3.63) is 35.1 Å². The van der Waals surface area contributed by atoms with Crippen molar-refractivity contribution in [3.63, 3.8) is 0 Å². The Morgan fingerprint density at radius 1 is 1.24 bits per heavy atom. The van der Waals surface area contributed by atoms with E-state index >= 15 is 0 Å². The highest BCUT2D eigenvalue weighted by Crippen LogP contribution is 2.34. The summed E-state index contributed by atoms with van der Waals surface area (Å²) < 4.78 is 13.3. The van der Waals surface area contributed by atoms with Crippen LogP contribution in [0.1, 0.15) is 57.1 Å². The van der Waals surface area contributed by atoms with E-state index in [0.29, 0.717) is 12.0 Å². The van der Waals surface area contributed by atoms with Crippen LogP contribution >= 0.6 is 0 Å². The lowest BCUT2D eigenvalue weighted by Crippen LogP contribution is -2.42. The molecule has 0 spiro atoms. The molecule has 0 heterocycles. The van der Waals surface area contributed by atoms with Crippen LogP contribution in [0.25, 0.3) is 0 Å². The Morgan fingerprint density at radius 3 is 2.71 bits per heavy atom. The van der Waals surface area contributed by atoms with Gasteiger partial charge >= 0.3 is 0 Å². The molecular formula is C19H30FN. The zero-order valence-corrected chi connectivity index (χ0v) is 13.8. The lowest BCUT2D eigenvalue weighted by Gasteiger charge is -2.37. The monoisotopic (exact) mass is 291 g/mol. The van der Waals surface area contributed by atoms with Gasteiger partial charge in [-0.1, -0.05) is 26.3 Å². The van der Waals surface area contributed by atoms with E-state index in [1.165, 1.54) is 37.7 Å². The van der Waals surface area contributed by atoms with Crippen LogP contribution < -0.4 is 5.32 Å². The molecule has 1 aromatic rings. The molecule has 1 N–H and O–H groups in total. The summed E-state index contributed by atoms with van der Waals surface area (Å²) in [7, 11) is 0. The summed E-state index contributed by atoms with van der Waals surface area (Å²) in [5.41, 5.74) is 2.42. The normalized spacial score (nSPS) is 26.0. The Labute approximate surface area is 129 Å². The van der Waals surface area contributed by atoms with Gasteiger partial charge in [0.2, 0.25) is 0 Å². The number of rotatable bonds is 6. The lowest BCUT2D eigenvalue weighted by molar-refractivity contribution is 0.198. The first-order chi connectivity index (χ1) is 10.1. The highest BCUT2D eigenvalue weighted by Gasteiger charge is 2.29. The molecule has 1 aliphatic carbocycles. The van der Waals surface area contributed by atoms with Crippen LogP contribution in [0.15, 0.2) is 18.2 Å². The molecule has 0 bridgehead atoms. The molecule has 2 rings (SSSR count). The molecule has 1 fully saturated rings. The number of hydrogen-bond acceptors (Lipinski definition) is 1. The summed E-state index contributed by atoms with van der Waals surface area (Å²) >= 11 is 0. The van der Waals surface area contributed by atoms with Crippen LogP contribution in [-0.2, 0) is 6.42 Å². The molecule has 1 aromatic carbocycles. The maximum atomic E-state index is 13.3. The quantitative estimate of drug-likeness (QED) is 0.788. The molecule has 1 nitrogen and oxygen atoms in total. The maximum absolute atomic E-state index is 13.3. The fourth-order valence-electron chi connectivity index (χ4n) is 3.73. The zero-order valence-electron chi connectivity index (χ0n) is 13.8. The van der Waals surface area contributed by atoms with Gasteiger partial charge in [0.25, 0.3) is 0 Å². The first-order valence-electron chi connectivity index (χ1n) is 8.62. The predicted molar refractivity (Wildman–Crippen MR) is 88.0 cm³/mol. The minimum Gasteiger partial charge on any atom is -0.314 e. The summed E-state index contributed by atoms with van der Waals surface area (Å²) in [5, 5.41) is 3.74. The van der Waals surface area contributed by atoms with Gasteiger partial charge in [-0.2, -0.15) is 0 Å². The molecule has 0 amide bonds. The van der Waals surface area contributed by atoms with Crippen molar-refractivity contribution in [2.24, 2.45) is 11.8 Å². The van der Waals surface area contributed by atoms with Crippen LogP contribution in [0.3, 0.4) is 0 Å². The third kappa shape index (κ3) is 4.54. The molecule has 0 radical (unpaired) electrons. The molecule has 0 saturated heterocycles. The van der Waals surface area contributed by atoms with Crippen molar-refractivity contribution in [1.82, 2.24) is 5.32 Å². The topological polar surface area (TPSA) is 12.0 Å². The Kier molecular flexibility index (Phi) is 6.22. The molecule has 0 aromatic heterocycles. The van der Waals surface area contributed by atoms with Crippen molar-refractivity contribution in [3.8, 4) is 0 Å². The second-order valence-corrected chi connectivity index (χ2v) is 6.68. The summed E-state index contributed by atoms with van der Waals surface area (Å²) in [5.74, 6) is 1.45. The second-order valence-electron chi connectivity index (χ2n) is 6.68. The molecule has 3 atom stereocenters. The van der Waals surface area contributed by atoms with Gasteiger partial charge in [-0.05, 0) is 80.7 Å². The minimum absolute atomic E-state index is 0.119. The molecular weight excluding hydrogens is 261 g/mol. The van der Waals surface area contributed by atoms with E-state index in [9.17, 15) is 4.39 Å². The third-order valence-corrected chi connectivity index (χ3v) is 5.11. The van der Waals surface area contributed by atoms with E-state index in [-0.39, 0.29) is 5.82 Å². The molecule has 0 aliphatic heterocycles. The smallest absolute Gasteiger partial charge is 0.123 e. The fourth-order valence-corrected chi connectivity index (χ4v) is 3.73. The molecule has 1 aliphatic rings. The second kappa shape index (κ2) is 7.93. The van der Waals surface area contributed by atoms with Crippen LogP contribution in [0, 0.1) is 24.6 Å². The number of nitrogens with one attached hydrogen (secondary N) is 1. The van der Waals surface area contributed by atoms with E-state index in [0.717, 1.165) is 24.4 Å². The van der Waals surface area contributed by atoms with E-state index in [4.69, 9.17) is 0 Å². The average Bonchev–Trinajstić information content (AvgIpc) is 2.48. The minimum atomic E-state index is -0.119. The van der Waals surface area contributed by atoms with Gasteiger partial charge in [0.05, 0.1) is 0 Å². The van der Waals surface area contributed by atoms with Crippen LogP contribution in [0.4, 0.5) is 4.39 Å². The van der Waals surface area contributed by atoms with Gasteiger partial charge in [0.1, 0.15) is 5.82 Å². The summed E-state index contributed by atoms with van der Waals surface area (Å²) in [4.78, 5) is 0. The Hall–Kier alpha value is -0.890. The third-order valence-electron chi connectivity index (χ3n) is 5.11. The van der Waals surface area contributed by atoms with E-state index < -0.39 is 0 Å². The molecule has 118 valence electrons. The van der Waals surface area contributed by atoms with Gasteiger partial charge in [-0.3, -0.25) is 0 Å². The molecule has 1 saturated carbocycles. The Bertz CT molecular complexity index is 443. The van der Waals surface area contributed by atoms with Crippen LogP contribution in [0.2, 0.25) is 0 Å². The Balaban J connectivity index is 2.07. The van der Waals surface area contributed by atoms with Crippen molar-refractivity contribution < 1.29 is 4.39 Å². The number of halogens is 1. The number of hydrogen-bond donors (Lipinski definition) is 1. The van der Waals surface area contributed by atoms with Crippen molar-refractivity contribution in [2.45, 2.75) is 65.3 Å². The standard InChI is InChI=1S/C19H30FN/c1-4-10-21-19-9-6-15(5-2)12-17(19)13-16-7-8-18(20)11-14(16)3/h7-8,11,15,17,19,21H,4-6,9-10,12-13H2,1-3H3. The van der Waals surface area contributed by atoms with Gasteiger partial charge < -0.3 is 5.32 Å². The molecule has 3 unspecified atom stereocenters. The zero-order chi connectivity index (χ0) is 15.2. The van der Waals surface area contributed by atoms with Gasteiger partial charge in [-0.15, -0.1) is 0 Å². The fraction of sp³-hybridized carbons (Fsp3) is 0.684. The summed E-state index contributed by atoms with van der Waals surface area (Å²) in [6.45, 7) is 7.68. The number of aryl methyl sites for hydroxylation is 1. The highest BCUT2D eigenvalue weighted by atomic mass is 19.1. The van der Waals surface area contributed by atoms with Crippen LogP contribution in [0.5, 0.6) is 0 Å². The molecule has 2 heteroatoms.